The summed E-state index contributed by atoms with van der Waals surface area (Å²) in [7, 11) is -2.88. The highest BCUT2D eigenvalue weighted by Crippen LogP contribution is 2.22. The average Bonchev–Trinajstić information content (AvgIpc) is 2.15. The summed E-state index contributed by atoms with van der Waals surface area (Å²) in [6, 6.07) is 6.07. The highest BCUT2D eigenvalue weighted by atomic mass is 35.5. The van der Waals surface area contributed by atoms with Gasteiger partial charge in [-0.3, -0.25) is 0 Å². The summed E-state index contributed by atoms with van der Waals surface area (Å²) in [5.41, 5.74) is 0.110. The van der Waals surface area contributed by atoms with Gasteiger partial charge in [-0.25, -0.2) is 4.79 Å². The van der Waals surface area contributed by atoms with Crippen molar-refractivity contribution < 1.29 is 18.8 Å². The molecular formula is C9H9ClO3. The number of carbonyl (C=O) groups excluding carboxylic acids is 1. The third-order valence-corrected chi connectivity index (χ3v) is 1.87. The molecule has 0 amide bonds. The van der Waals surface area contributed by atoms with Crippen LogP contribution >= 0.6 is 11.6 Å². The molecule has 0 unspecified atom stereocenters. The van der Waals surface area contributed by atoms with E-state index < -0.39 is 19.1 Å². The number of benzene rings is 1. The van der Waals surface area contributed by atoms with Crippen molar-refractivity contribution in [3.8, 4) is 0 Å². The Morgan fingerprint density at radius 2 is 2.38 bits per heavy atom. The smallest absolute Gasteiger partial charge is 0.339 e. The Labute approximate surface area is 85.1 Å². The monoisotopic (exact) mass is 203 g/mol. The fourth-order valence-electron chi connectivity index (χ4n) is 0.880. The van der Waals surface area contributed by atoms with Crippen LogP contribution in [0, 0.1) is 0 Å². The lowest BCUT2D eigenvalue weighted by Gasteiger charge is -2.09. The largest absolute Gasteiger partial charge is 0.467 e. The SMILES string of the molecule is [2H]C([2H])([2H])OC(=O)[C@H](O)c1ccccc1Cl. The number of methoxy groups -OCH3 is 1. The van der Waals surface area contributed by atoms with Gasteiger partial charge in [-0.05, 0) is 6.07 Å². The van der Waals surface area contributed by atoms with E-state index in [-0.39, 0.29) is 10.6 Å². The molecule has 0 saturated heterocycles. The molecule has 1 atom stereocenters. The minimum Gasteiger partial charge on any atom is -0.467 e. The molecule has 0 aliphatic heterocycles. The average molecular weight is 204 g/mol. The Kier molecular flexibility index (Phi) is 2.10. The Morgan fingerprint density at radius 3 is 3.00 bits per heavy atom. The van der Waals surface area contributed by atoms with Crippen molar-refractivity contribution >= 4 is 17.6 Å². The van der Waals surface area contributed by atoms with Gasteiger partial charge in [-0.1, -0.05) is 29.8 Å². The van der Waals surface area contributed by atoms with Crippen LogP contribution in [0.4, 0.5) is 0 Å². The molecule has 4 heteroatoms. The molecule has 0 spiro atoms. The minimum absolute atomic E-state index is 0.110. The number of aliphatic hydroxyl groups excluding tert-OH is 1. The molecule has 1 N–H and O–H groups in total. The van der Waals surface area contributed by atoms with Gasteiger partial charge in [0.2, 0.25) is 0 Å². The normalized spacial score (nSPS) is 16.6. The topological polar surface area (TPSA) is 46.5 Å². The van der Waals surface area contributed by atoms with Gasteiger partial charge in [0.05, 0.1) is 11.2 Å². The Hall–Kier alpha value is -1.06. The van der Waals surface area contributed by atoms with Crippen LogP contribution in [-0.4, -0.2) is 18.1 Å². The molecule has 0 saturated carbocycles. The van der Waals surface area contributed by atoms with Crippen LogP contribution in [0.3, 0.4) is 0 Å². The van der Waals surface area contributed by atoms with Crippen molar-refractivity contribution in [2.45, 2.75) is 6.10 Å². The van der Waals surface area contributed by atoms with Gasteiger partial charge in [-0.15, -0.1) is 0 Å². The van der Waals surface area contributed by atoms with E-state index in [0.29, 0.717) is 0 Å². The molecule has 13 heavy (non-hydrogen) atoms. The first kappa shape index (κ1) is 6.40. The molecule has 0 aliphatic carbocycles. The number of hydrogen-bond acceptors (Lipinski definition) is 3. The van der Waals surface area contributed by atoms with E-state index in [1.54, 1.807) is 12.1 Å². The van der Waals surface area contributed by atoms with E-state index in [4.69, 9.17) is 15.7 Å². The summed E-state index contributed by atoms with van der Waals surface area (Å²) in [4.78, 5) is 11.2. The third-order valence-electron chi connectivity index (χ3n) is 1.52. The molecule has 0 aliphatic rings. The van der Waals surface area contributed by atoms with Gasteiger partial charge in [-0.2, -0.15) is 0 Å². The highest BCUT2D eigenvalue weighted by molar-refractivity contribution is 6.31. The van der Waals surface area contributed by atoms with Gasteiger partial charge < -0.3 is 9.84 Å². The van der Waals surface area contributed by atoms with Gasteiger partial charge in [0.1, 0.15) is 0 Å². The number of rotatable bonds is 2. The first-order valence-electron chi connectivity index (χ1n) is 4.96. The van der Waals surface area contributed by atoms with Crippen molar-refractivity contribution in [1.29, 1.82) is 0 Å². The van der Waals surface area contributed by atoms with Crippen LogP contribution in [0.2, 0.25) is 5.02 Å². The molecule has 70 valence electrons. The van der Waals surface area contributed by atoms with Crippen LogP contribution in [-0.2, 0) is 9.53 Å². The van der Waals surface area contributed by atoms with Crippen LogP contribution < -0.4 is 0 Å². The van der Waals surface area contributed by atoms with Crippen molar-refractivity contribution in [2.24, 2.45) is 0 Å². The van der Waals surface area contributed by atoms with Crippen molar-refractivity contribution in [3.63, 3.8) is 0 Å². The summed E-state index contributed by atoms with van der Waals surface area (Å²) >= 11 is 5.73. The number of carbonyl (C=O) groups is 1. The van der Waals surface area contributed by atoms with Crippen molar-refractivity contribution in [1.82, 2.24) is 0 Å². The third kappa shape index (κ3) is 2.20. The molecular weight excluding hydrogens is 192 g/mol. The first-order valence-corrected chi connectivity index (χ1v) is 3.84. The number of hydrogen-bond donors (Lipinski definition) is 1. The molecule has 1 aromatic rings. The maximum absolute atomic E-state index is 11.2. The fourth-order valence-corrected chi connectivity index (χ4v) is 1.12. The maximum atomic E-state index is 11.2. The molecule has 0 heterocycles. The number of esters is 1. The van der Waals surface area contributed by atoms with E-state index >= 15 is 0 Å². The molecule has 0 aromatic heterocycles. The van der Waals surface area contributed by atoms with E-state index in [0.717, 1.165) is 0 Å². The van der Waals surface area contributed by atoms with Gasteiger partial charge in [0.15, 0.2) is 6.10 Å². The molecule has 0 fully saturated rings. The van der Waals surface area contributed by atoms with Gasteiger partial charge in [0.25, 0.3) is 0 Å². The lowest BCUT2D eigenvalue weighted by atomic mass is 10.1. The zero-order chi connectivity index (χ0) is 12.3. The van der Waals surface area contributed by atoms with Gasteiger partial charge >= 0.3 is 5.97 Å². The summed E-state index contributed by atoms with van der Waals surface area (Å²) < 4.78 is 24.2. The summed E-state index contributed by atoms with van der Waals surface area (Å²) in [6.07, 6.45) is -1.70. The van der Waals surface area contributed by atoms with Crippen LogP contribution in [0.5, 0.6) is 0 Å². The van der Waals surface area contributed by atoms with E-state index in [2.05, 4.69) is 4.74 Å². The lowest BCUT2D eigenvalue weighted by molar-refractivity contribution is -0.150. The Bertz CT molecular complexity index is 392. The predicted molar refractivity (Wildman–Crippen MR) is 48.4 cm³/mol. The minimum atomic E-state index is -2.88. The standard InChI is InChI=1S/C9H9ClO3/c1-13-9(12)8(11)6-4-2-3-5-7(6)10/h2-5,8,11H,1H3/t8-/m1/s1/i1D3. The molecule has 0 bridgehead atoms. The van der Waals surface area contributed by atoms with Gasteiger partial charge in [0, 0.05) is 10.6 Å². The van der Waals surface area contributed by atoms with Crippen LogP contribution in [0.25, 0.3) is 0 Å². The summed E-state index contributed by atoms with van der Waals surface area (Å²) in [5, 5.41) is 9.69. The van der Waals surface area contributed by atoms with Crippen LogP contribution in [0.1, 0.15) is 15.8 Å². The van der Waals surface area contributed by atoms with E-state index in [1.807, 2.05) is 0 Å². The number of aliphatic hydroxyl groups is 1. The lowest BCUT2D eigenvalue weighted by Crippen LogP contribution is -2.13. The second kappa shape index (κ2) is 4.25. The van der Waals surface area contributed by atoms with Crippen molar-refractivity contribution in [2.75, 3.05) is 7.04 Å². The zero-order valence-electron chi connectivity index (χ0n) is 9.53. The second-order valence-corrected chi connectivity index (χ2v) is 2.75. The molecule has 0 radical (unpaired) electrons. The van der Waals surface area contributed by atoms with E-state index in [9.17, 15) is 9.90 Å². The quantitative estimate of drug-likeness (QED) is 0.742. The summed E-state index contributed by atoms with van der Waals surface area (Å²) in [6.45, 7) is 0. The Balaban J connectivity index is 2.83. The maximum Gasteiger partial charge on any atom is 0.339 e. The first-order chi connectivity index (χ1) is 7.31. The van der Waals surface area contributed by atoms with Crippen molar-refractivity contribution in [3.05, 3.63) is 34.9 Å². The summed E-state index contributed by atoms with van der Waals surface area (Å²) in [5.74, 6) is -1.26. The zero-order valence-corrected chi connectivity index (χ0v) is 7.28. The number of halogens is 1. The molecule has 3 nitrogen and oxygen atoms in total. The number of ether oxygens (including phenoxy) is 1. The fraction of sp³-hybridized carbons (Fsp3) is 0.222. The highest BCUT2D eigenvalue weighted by Gasteiger charge is 2.19. The molecule has 1 rings (SSSR count). The van der Waals surface area contributed by atoms with Crippen LogP contribution in [0.15, 0.2) is 24.3 Å². The van der Waals surface area contributed by atoms with E-state index in [1.165, 1.54) is 12.1 Å². The Morgan fingerprint density at radius 1 is 1.69 bits per heavy atom. The molecule has 1 aromatic carbocycles. The second-order valence-electron chi connectivity index (χ2n) is 2.35. The predicted octanol–water partition coefficient (Wildman–Crippen LogP) is 1.55.